The molecule has 122 valence electrons. The molecule has 1 aromatic carbocycles. The SMILES string of the molecule is O=C(C[C@@H]1SC(=NC2CCCC2)NC1=O)Nc1cccc(Cl)c1. The number of aliphatic imine (C=N–C) groups is 1. The Hall–Kier alpha value is -1.53. The van der Waals surface area contributed by atoms with Crippen molar-refractivity contribution in [2.24, 2.45) is 4.99 Å². The first-order chi connectivity index (χ1) is 11.1. The largest absolute Gasteiger partial charge is 0.326 e. The summed E-state index contributed by atoms with van der Waals surface area (Å²) < 4.78 is 0. The van der Waals surface area contributed by atoms with Gasteiger partial charge in [0.15, 0.2) is 5.17 Å². The Bertz CT molecular complexity index is 644. The number of anilines is 1. The number of nitrogens with zero attached hydrogens (tertiary/aromatic N) is 1. The summed E-state index contributed by atoms with van der Waals surface area (Å²) in [6.07, 6.45) is 4.68. The zero-order valence-corrected chi connectivity index (χ0v) is 14.1. The molecule has 1 aliphatic heterocycles. The van der Waals surface area contributed by atoms with Crippen LogP contribution in [0, 0.1) is 0 Å². The highest BCUT2D eigenvalue weighted by molar-refractivity contribution is 8.15. The molecule has 1 saturated heterocycles. The molecule has 1 heterocycles. The first-order valence-corrected chi connectivity index (χ1v) is 8.96. The van der Waals surface area contributed by atoms with Crippen LogP contribution in [0.5, 0.6) is 0 Å². The molecule has 0 aromatic heterocycles. The van der Waals surface area contributed by atoms with Gasteiger partial charge in [-0.25, -0.2) is 0 Å². The molecule has 0 unspecified atom stereocenters. The van der Waals surface area contributed by atoms with E-state index in [0.29, 0.717) is 21.9 Å². The number of benzene rings is 1. The van der Waals surface area contributed by atoms with Crippen molar-refractivity contribution in [2.75, 3.05) is 5.32 Å². The summed E-state index contributed by atoms with van der Waals surface area (Å²) in [7, 11) is 0. The molecule has 23 heavy (non-hydrogen) atoms. The van der Waals surface area contributed by atoms with Gasteiger partial charge in [0.2, 0.25) is 11.8 Å². The fourth-order valence-electron chi connectivity index (χ4n) is 2.75. The second-order valence-corrected chi connectivity index (χ2v) is 7.36. The number of carbonyl (C=O) groups is 2. The van der Waals surface area contributed by atoms with Crippen molar-refractivity contribution in [3.63, 3.8) is 0 Å². The summed E-state index contributed by atoms with van der Waals surface area (Å²) in [4.78, 5) is 28.7. The van der Waals surface area contributed by atoms with Crippen LogP contribution in [0.15, 0.2) is 29.3 Å². The van der Waals surface area contributed by atoms with Crippen LogP contribution in [0.4, 0.5) is 5.69 Å². The fraction of sp³-hybridized carbons (Fsp3) is 0.438. The van der Waals surface area contributed by atoms with E-state index >= 15 is 0 Å². The highest BCUT2D eigenvalue weighted by atomic mass is 35.5. The molecule has 1 aromatic rings. The quantitative estimate of drug-likeness (QED) is 0.875. The topological polar surface area (TPSA) is 70.6 Å². The van der Waals surface area contributed by atoms with Crippen molar-refractivity contribution < 1.29 is 9.59 Å². The minimum atomic E-state index is -0.422. The van der Waals surface area contributed by atoms with E-state index in [2.05, 4.69) is 15.6 Å². The number of hydrogen-bond acceptors (Lipinski definition) is 4. The van der Waals surface area contributed by atoms with Crippen molar-refractivity contribution in [3.8, 4) is 0 Å². The van der Waals surface area contributed by atoms with Gasteiger partial charge in [-0.2, -0.15) is 0 Å². The van der Waals surface area contributed by atoms with Crippen molar-refractivity contribution in [1.82, 2.24) is 5.32 Å². The zero-order chi connectivity index (χ0) is 16.2. The molecule has 1 aliphatic carbocycles. The third-order valence-electron chi connectivity index (χ3n) is 3.88. The fourth-order valence-corrected chi connectivity index (χ4v) is 3.98. The summed E-state index contributed by atoms with van der Waals surface area (Å²) in [5.74, 6) is -0.352. The van der Waals surface area contributed by atoms with Crippen LogP contribution in [-0.2, 0) is 9.59 Å². The molecule has 2 N–H and O–H groups in total. The highest BCUT2D eigenvalue weighted by Gasteiger charge is 2.32. The second-order valence-electron chi connectivity index (χ2n) is 5.73. The maximum Gasteiger partial charge on any atom is 0.240 e. The third-order valence-corrected chi connectivity index (χ3v) is 5.21. The smallest absolute Gasteiger partial charge is 0.240 e. The third kappa shape index (κ3) is 4.48. The Morgan fingerprint density at radius 1 is 1.39 bits per heavy atom. The monoisotopic (exact) mass is 351 g/mol. The van der Waals surface area contributed by atoms with Gasteiger partial charge in [0, 0.05) is 17.1 Å². The van der Waals surface area contributed by atoms with Crippen LogP contribution in [0.3, 0.4) is 0 Å². The second kappa shape index (κ2) is 7.36. The minimum Gasteiger partial charge on any atom is -0.326 e. The molecule has 5 nitrogen and oxygen atoms in total. The normalized spacial score (nSPS) is 23.3. The Balaban J connectivity index is 1.55. The lowest BCUT2D eigenvalue weighted by molar-refractivity contribution is -0.122. The van der Waals surface area contributed by atoms with E-state index in [1.807, 2.05) is 0 Å². The van der Waals surface area contributed by atoms with Gasteiger partial charge >= 0.3 is 0 Å². The van der Waals surface area contributed by atoms with E-state index in [1.165, 1.54) is 24.6 Å². The van der Waals surface area contributed by atoms with Gasteiger partial charge < -0.3 is 10.6 Å². The molecule has 7 heteroatoms. The van der Waals surface area contributed by atoms with Crippen molar-refractivity contribution in [3.05, 3.63) is 29.3 Å². The molecule has 1 saturated carbocycles. The lowest BCUT2D eigenvalue weighted by atomic mass is 10.2. The van der Waals surface area contributed by atoms with Crippen LogP contribution in [0.25, 0.3) is 0 Å². The van der Waals surface area contributed by atoms with Crippen molar-refractivity contribution in [1.29, 1.82) is 0 Å². The summed E-state index contributed by atoms with van der Waals surface area (Å²) >= 11 is 7.24. The van der Waals surface area contributed by atoms with Gasteiger partial charge in [0.25, 0.3) is 0 Å². The number of halogens is 1. The molecule has 3 rings (SSSR count). The molecule has 2 amide bonds. The number of amidine groups is 1. The molecule has 0 spiro atoms. The molecular weight excluding hydrogens is 334 g/mol. The summed E-state index contributed by atoms with van der Waals surface area (Å²) in [5, 5.41) is 6.33. The van der Waals surface area contributed by atoms with Gasteiger partial charge in [-0.15, -0.1) is 0 Å². The molecule has 1 atom stereocenters. The Morgan fingerprint density at radius 2 is 2.17 bits per heavy atom. The first kappa shape index (κ1) is 16.3. The van der Waals surface area contributed by atoms with E-state index in [4.69, 9.17) is 11.6 Å². The number of amides is 2. The Labute approximate surface area is 144 Å². The average Bonchev–Trinajstić information content (AvgIpc) is 3.10. The Kier molecular flexibility index (Phi) is 5.23. The van der Waals surface area contributed by atoms with Gasteiger partial charge in [0.1, 0.15) is 5.25 Å². The van der Waals surface area contributed by atoms with E-state index in [-0.39, 0.29) is 18.2 Å². The Morgan fingerprint density at radius 3 is 2.91 bits per heavy atom. The van der Waals surface area contributed by atoms with Gasteiger partial charge in [-0.1, -0.05) is 42.3 Å². The maximum absolute atomic E-state index is 12.1. The van der Waals surface area contributed by atoms with Gasteiger partial charge in [0.05, 0.1) is 6.04 Å². The number of thioether (sulfide) groups is 1. The number of hydrogen-bond donors (Lipinski definition) is 2. The van der Waals surface area contributed by atoms with E-state index < -0.39 is 5.25 Å². The van der Waals surface area contributed by atoms with Crippen LogP contribution >= 0.6 is 23.4 Å². The lowest BCUT2D eigenvalue weighted by Gasteiger charge is -2.07. The van der Waals surface area contributed by atoms with Gasteiger partial charge in [-0.3, -0.25) is 14.6 Å². The summed E-state index contributed by atoms with van der Waals surface area (Å²) in [6, 6.07) is 7.26. The predicted molar refractivity (Wildman–Crippen MR) is 93.9 cm³/mol. The molecule has 2 aliphatic rings. The molecule has 2 fully saturated rings. The summed E-state index contributed by atoms with van der Waals surface area (Å²) in [6.45, 7) is 0. The summed E-state index contributed by atoms with van der Waals surface area (Å²) in [5.41, 5.74) is 0.630. The minimum absolute atomic E-state index is 0.118. The van der Waals surface area contributed by atoms with Gasteiger partial charge in [-0.05, 0) is 31.0 Å². The van der Waals surface area contributed by atoms with Crippen LogP contribution in [0.2, 0.25) is 5.02 Å². The van der Waals surface area contributed by atoms with Crippen LogP contribution in [-0.4, -0.2) is 28.3 Å². The maximum atomic E-state index is 12.1. The standard InChI is InChI=1S/C16H18ClN3O2S/c17-10-4-3-7-12(8-10)18-14(21)9-13-15(22)20-16(23-13)19-11-5-1-2-6-11/h3-4,7-8,11,13H,1-2,5-6,9H2,(H,18,21)(H,19,20,22)/t13-/m0/s1. The van der Waals surface area contributed by atoms with E-state index in [1.54, 1.807) is 24.3 Å². The number of carbonyl (C=O) groups excluding carboxylic acids is 2. The average molecular weight is 352 g/mol. The van der Waals surface area contributed by atoms with Crippen LogP contribution < -0.4 is 10.6 Å². The van der Waals surface area contributed by atoms with E-state index in [0.717, 1.165) is 12.8 Å². The number of rotatable bonds is 4. The van der Waals surface area contributed by atoms with Crippen molar-refractivity contribution >= 4 is 46.0 Å². The molecule has 0 radical (unpaired) electrons. The predicted octanol–water partition coefficient (Wildman–Crippen LogP) is 3.20. The van der Waals surface area contributed by atoms with Crippen LogP contribution in [0.1, 0.15) is 32.1 Å². The van der Waals surface area contributed by atoms with E-state index in [9.17, 15) is 9.59 Å². The molecule has 0 bridgehead atoms. The van der Waals surface area contributed by atoms with Crippen molar-refractivity contribution in [2.45, 2.75) is 43.4 Å². The zero-order valence-electron chi connectivity index (χ0n) is 12.5. The highest BCUT2D eigenvalue weighted by Crippen LogP contribution is 2.27. The first-order valence-electron chi connectivity index (χ1n) is 7.71. The lowest BCUT2D eigenvalue weighted by Crippen LogP contribution is -2.28. The molecular formula is C16H18ClN3O2S. The number of nitrogens with one attached hydrogen (secondary N) is 2.